The highest BCUT2D eigenvalue weighted by molar-refractivity contribution is 4.78. The normalized spacial score (nSPS) is 19.1. The van der Waals surface area contributed by atoms with E-state index in [2.05, 4.69) is 20.6 Å². The molecule has 0 amide bonds. The van der Waals surface area contributed by atoms with Crippen LogP contribution in [0.5, 0.6) is 0 Å². The molecule has 0 saturated heterocycles. The van der Waals surface area contributed by atoms with Crippen molar-refractivity contribution in [3.05, 3.63) is 5.82 Å². The summed E-state index contributed by atoms with van der Waals surface area (Å²) >= 11 is 0. The Labute approximate surface area is 78.1 Å². The number of aromatic nitrogens is 4. The lowest BCUT2D eigenvalue weighted by molar-refractivity contribution is 0.337. The summed E-state index contributed by atoms with van der Waals surface area (Å²) in [5, 5.41) is 13.9. The van der Waals surface area contributed by atoms with Gasteiger partial charge in [0.2, 0.25) is 0 Å². The van der Waals surface area contributed by atoms with Crippen molar-refractivity contribution in [2.24, 2.45) is 5.92 Å². The average molecular weight is 180 g/mol. The molecule has 13 heavy (non-hydrogen) atoms. The largest absolute Gasteiger partial charge is 0.177 e. The third-order valence-electron chi connectivity index (χ3n) is 2.89. The van der Waals surface area contributed by atoms with E-state index in [-0.39, 0.29) is 0 Å². The number of hydrogen-bond acceptors (Lipinski definition) is 3. The zero-order valence-corrected chi connectivity index (χ0v) is 7.87. The molecule has 1 aromatic heterocycles. The van der Waals surface area contributed by atoms with Crippen molar-refractivity contribution in [1.82, 2.24) is 20.6 Å². The summed E-state index contributed by atoms with van der Waals surface area (Å²) < 4.78 is 0. The third-order valence-corrected chi connectivity index (χ3v) is 2.89. The van der Waals surface area contributed by atoms with E-state index in [1.165, 1.54) is 38.5 Å². The van der Waals surface area contributed by atoms with E-state index in [0.717, 1.165) is 18.2 Å². The molecule has 0 radical (unpaired) electrons. The standard InChI is InChI=1S/C9H16N4/c1-2-4-8(5-3-1)6-7-9-10-12-13-11-9/h8H,1-7H2,(H,10,11,12,13). The molecule has 1 saturated carbocycles. The molecule has 0 atom stereocenters. The van der Waals surface area contributed by atoms with Gasteiger partial charge in [0.1, 0.15) is 0 Å². The number of nitrogens with zero attached hydrogens (tertiary/aromatic N) is 3. The molecule has 4 nitrogen and oxygen atoms in total. The summed E-state index contributed by atoms with van der Waals surface area (Å²) in [6.07, 6.45) is 9.28. The molecule has 1 aliphatic carbocycles. The van der Waals surface area contributed by atoms with E-state index in [4.69, 9.17) is 0 Å². The van der Waals surface area contributed by atoms with Crippen LogP contribution in [0.2, 0.25) is 0 Å². The molecule has 0 aliphatic heterocycles. The first-order valence-corrected chi connectivity index (χ1v) is 5.17. The number of aromatic amines is 1. The SMILES string of the molecule is C1CCC(CCc2nn[nH]n2)CC1. The van der Waals surface area contributed by atoms with Gasteiger partial charge in [-0.1, -0.05) is 37.3 Å². The molecule has 0 unspecified atom stereocenters. The van der Waals surface area contributed by atoms with Crippen molar-refractivity contribution in [2.45, 2.75) is 44.9 Å². The fourth-order valence-corrected chi connectivity index (χ4v) is 2.10. The predicted molar refractivity (Wildman–Crippen MR) is 49.1 cm³/mol. The van der Waals surface area contributed by atoms with E-state index >= 15 is 0 Å². The first kappa shape index (κ1) is 8.66. The van der Waals surface area contributed by atoms with Crippen LogP contribution in [0.3, 0.4) is 0 Å². The number of hydrogen-bond donors (Lipinski definition) is 1. The Morgan fingerprint density at radius 3 is 2.77 bits per heavy atom. The summed E-state index contributed by atoms with van der Waals surface area (Å²) in [4.78, 5) is 0. The van der Waals surface area contributed by atoms with Crippen LogP contribution in [0, 0.1) is 5.92 Å². The number of H-pyrrole nitrogens is 1. The van der Waals surface area contributed by atoms with Crippen molar-refractivity contribution < 1.29 is 0 Å². The minimum atomic E-state index is 0.866. The molecule has 1 fully saturated rings. The Bertz CT molecular complexity index is 226. The van der Waals surface area contributed by atoms with Crippen molar-refractivity contribution >= 4 is 0 Å². The van der Waals surface area contributed by atoms with Crippen molar-refractivity contribution in [3.8, 4) is 0 Å². The summed E-state index contributed by atoms with van der Waals surface area (Å²) in [7, 11) is 0. The van der Waals surface area contributed by atoms with Gasteiger partial charge in [-0.15, -0.1) is 10.2 Å². The number of nitrogens with one attached hydrogen (secondary N) is 1. The van der Waals surface area contributed by atoms with Crippen LogP contribution in [0.25, 0.3) is 0 Å². The second-order valence-corrected chi connectivity index (χ2v) is 3.87. The number of aryl methyl sites for hydroxylation is 1. The first-order chi connectivity index (χ1) is 6.45. The average Bonchev–Trinajstić information content (AvgIpc) is 2.69. The summed E-state index contributed by atoms with van der Waals surface area (Å²) in [5.41, 5.74) is 0. The van der Waals surface area contributed by atoms with Gasteiger partial charge >= 0.3 is 0 Å². The van der Waals surface area contributed by atoms with Gasteiger partial charge in [0, 0.05) is 6.42 Å². The highest BCUT2D eigenvalue weighted by Gasteiger charge is 2.13. The monoisotopic (exact) mass is 180 g/mol. The number of tetrazole rings is 1. The minimum Gasteiger partial charge on any atom is -0.177 e. The van der Waals surface area contributed by atoms with Crippen LogP contribution >= 0.6 is 0 Å². The Morgan fingerprint density at radius 1 is 1.23 bits per heavy atom. The molecule has 2 rings (SSSR count). The molecule has 1 N–H and O–H groups in total. The van der Waals surface area contributed by atoms with Gasteiger partial charge in [0.05, 0.1) is 0 Å². The maximum Gasteiger partial charge on any atom is 0.174 e. The molecule has 0 spiro atoms. The van der Waals surface area contributed by atoms with Gasteiger partial charge in [0.15, 0.2) is 5.82 Å². The fraction of sp³-hybridized carbons (Fsp3) is 0.889. The molecule has 1 aromatic rings. The highest BCUT2D eigenvalue weighted by atomic mass is 15.5. The Morgan fingerprint density at radius 2 is 2.08 bits per heavy atom. The molecule has 0 bridgehead atoms. The van der Waals surface area contributed by atoms with Crippen molar-refractivity contribution in [2.75, 3.05) is 0 Å². The topological polar surface area (TPSA) is 54.5 Å². The minimum absolute atomic E-state index is 0.866. The zero-order valence-electron chi connectivity index (χ0n) is 7.87. The zero-order chi connectivity index (χ0) is 8.93. The Balaban J connectivity index is 1.72. The van der Waals surface area contributed by atoms with E-state index in [1.807, 2.05) is 0 Å². The molecule has 4 heteroatoms. The van der Waals surface area contributed by atoms with Crippen LogP contribution in [0.4, 0.5) is 0 Å². The van der Waals surface area contributed by atoms with Gasteiger partial charge in [-0.3, -0.25) is 0 Å². The van der Waals surface area contributed by atoms with Crippen LogP contribution in [0.1, 0.15) is 44.3 Å². The fourth-order valence-electron chi connectivity index (χ4n) is 2.10. The molecule has 1 heterocycles. The summed E-state index contributed by atoms with van der Waals surface area (Å²) in [6, 6.07) is 0. The van der Waals surface area contributed by atoms with Crippen LogP contribution in [-0.2, 0) is 6.42 Å². The highest BCUT2D eigenvalue weighted by Crippen LogP contribution is 2.26. The van der Waals surface area contributed by atoms with E-state index in [9.17, 15) is 0 Å². The van der Waals surface area contributed by atoms with Crippen LogP contribution in [-0.4, -0.2) is 20.6 Å². The molecular formula is C9H16N4. The predicted octanol–water partition coefficient (Wildman–Crippen LogP) is 1.71. The maximum atomic E-state index is 3.95. The summed E-state index contributed by atoms with van der Waals surface area (Å²) in [5.74, 6) is 1.78. The quantitative estimate of drug-likeness (QED) is 0.770. The van der Waals surface area contributed by atoms with Gasteiger partial charge in [-0.2, -0.15) is 5.21 Å². The van der Waals surface area contributed by atoms with Crippen LogP contribution in [0.15, 0.2) is 0 Å². The van der Waals surface area contributed by atoms with E-state index < -0.39 is 0 Å². The molecule has 0 aromatic carbocycles. The summed E-state index contributed by atoms with van der Waals surface area (Å²) in [6.45, 7) is 0. The lowest BCUT2D eigenvalue weighted by Crippen LogP contribution is -2.07. The Hall–Kier alpha value is -0.930. The smallest absolute Gasteiger partial charge is 0.174 e. The van der Waals surface area contributed by atoms with E-state index in [1.54, 1.807) is 0 Å². The molecule has 72 valence electrons. The van der Waals surface area contributed by atoms with Gasteiger partial charge < -0.3 is 0 Å². The van der Waals surface area contributed by atoms with Crippen molar-refractivity contribution in [1.29, 1.82) is 0 Å². The second-order valence-electron chi connectivity index (χ2n) is 3.87. The van der Waals surface area contributed by atoms with Crippen molar-refractivity contribution in [3.63, 3.8) is 0 Å². The lowest BCUT2D eigenvalue weighted by atomic mass is 9.86. The molecule has 1 aliphatic rings. The maximum absolute atomic E-state index is 3.95. The van der Waals surface area contributed by atoms with Crippen LogP contribution < -0.4 is 0 Å². The number of rotatable bonds is 3. The van der Waals surface area contributed by atoms with Gasteiger partial charge in [-0.05, 0) is 12.3 Å². The second kappa shape index (κ2) is 4.35. The third kappa shape index (κ3) is 2.50. The first-order valence-electron chi connectivity index (χ1n) is 5.17. The van der Waals surface area contributed by atoms with Gasteiger partial charge in [-0.25, -0.2) is 0 Å². The van der Waals surface area contributed by atoms with E-state index in [0.29, 0.717) is 0 Å². The van der Waals surface area contributed by atoms with Gasteiger partial charge in [0.25, 0.3) is 0 Å². The lowest BCUT2D eigenvalue weighted by Gasteiger charge is -2.20. The Kier molecular flexibility index (Phi) is 2.90. The molecular weight excluding hydrogens is 164 g/mol.